The molecule has 8 heteroatoms. The fraction of sp³-hybridized carbons (Fsp3) is 0.158. The highest BCUT2D eigenvalue weighted by atomic mass is 19.3. The number of amides is 1. The second kappa shape index (κ2) is 9.20. The lowest BCUT2D eigenvalue weighted by Crippen LogP contribution is -2.13. The van der Waals surface area contributed by atoms with Gasteiger partial charge in [-0.05, 0) is 48.0 Å². The van der Waals surface area contributed by atoms with Crippen LogP contribution in [0.1, 0.15) is 5.56 Å². The Morgan fingerprint density at radius 2 is 1.81 bits per heavy atom. The summed E-state index contributed by atoms with van der Waals surface area (Å²) in [6, 6.07) is 12.5. The molecule has 0 aliphatic rings. The van der Waals surface area contributed by atoms with Crippen molar-refractivity contribution in [3.05, 3.63) is 53.6 Å². The van der Waals surface area contributed by atoms with Gasteiger partial charge in [0.15, 0.2) is 11.5 Å². The van der Waals surface area contributed by atoms with E-state index in [0.29, 0.717) is 17.0 Å². The Labute approximate surface area is 154 Å². The molecule has 2 rings (SSSR count). The van der Waals surface area contributed by atoms with Crippen molar-refractivity contribution >= 4 is 17.7 Å². The first-order valence-corrected chi connectivity index (χ1v) is 7.67. The standard InChI is InChI=1S/C19H16F2N2O4/c1-25-15-6-4-14(5-7-15)23-18(24)13(11-22)9-12-3-8-16(27-19(20)21)17(10-12)26-2/h3-10,19H,1-2H3,(H,23,24). The lowest BCUT2D eigenvalue weighted by Gasteiger charge is -2.10. The van der Waals surface area contributed by atoms with Gasteiger partial charge >= 0.3 is 6.61 Å². The summed E-state index contributed by atoms with van der Waals surface area (Å²) < 4.78 is 39.1. The summed E-state index contributed by atoms with van der Waals surface area (Å²) in [5.74, 6) is -0.0838. The number of benzene rings is 2. The number of methoxy groups -OCH3 is 2. The predicted octanol–water partition coefficient (Wildman–Crippen LogP) is 3.85. The van der Waals surface area contributed by atoms with Gasteiger partial charge in [0.2, 0.25) is 0 Å². The molecule has 0 bridgehead atoms. The van der Waals surface area contributed by atoms with Crippen molar-refractivity contribution in [2.24, 2.45) is 0 Å². The molecule has 0 radical (unpaired) electrons. The molecule has 2 aromatic rings. The topological polar surface area (TPSA) is 80.6 Å². The third-order valence-corrected chi connectivity index (χ3v) is 3.43. The molecule has 27 heavy (non-hydrogen) atoms. The van der Waals surface area contributed by atoms with E-state index in [-0.39, 0.29) is 17.1 Å². The number of hydrogen-bond donors (Lipinski definition) is 1. The van der Waals surface area contributed by atoms with Crippen molar-refractivity contribution in [1.82, 2.24) is 0 Å². The summed E-state index contributed by atoms with van der Waals surface area (Å²) in [6.45, 7) is -3.00. The van der Waals surface area contributed by atoms with Crippen LogP contribution in [0.5, 0.6) is 17.2 Å². The van der Waals surface area contributed by atoms with Crippen LogP contribution in [0.4, 0.5) is 14.5 Å². The molecule has 6 nitrogen and oxygen atoms in total. The van der Waals surface area contributed by atoms with Gasteiger partial charge in [-0.2, -0.15) is 14.0 Å². The Balaban J connectivity index is 2.21. The first-order valence-electron chi connectivity index (χ1n) is 7.67. The molecule has 0 fully saturated rings. The molecular formula is C19H16F2N2O4. The second-order valence-electron chi connectivity index (χ2n) is 5.14. The van der Waals surface area contributed by atoms with E-state index in [4.69, 9.17) is 9.47 Å². The van der Waals surface area contributed by atoms with Crippen LogP contribution in [0.15, 0.2) is 48.0 Å². The Morgan fingerprint density at radius 3 is 2.37 bits per heavy atom. The van der Waals surface area contributed by atoms with Gasteiger partial charge < -0.3 is 19.5 Å². The highest BCUT2D eigenvalue weighted by Crippen LogP contribution is 2.30. The van der Waals surface area contributed by atoms with Gasteiger partial charge in [0, 0.05) is 5.69 Å². The number of alkyl halides is 2. The van der Waals surface area contributed by atoms with Crippen molar-refractivity contribution in [2.45, 2.75) is 6.61 Å². The number of nitrogens with zero attached hydrogens (tertiary/aromatic N) is 1. The van der Waals surface area contributed by atoms with Gasteiger partial charge in [0.1, 0.15) is 17.4 Å². The molecule has 0 saturated carbocycles. The molecule has 0 aromatic heterocycles. The zero-order valence-corrected chi connectivity index (χ0v) is 14.5. The molecule has 0 atom stereocenters. The number of hydrogen-bond acceptors (Lipinski definition) is 5. The highest BCUT2D eigenvalue weighted by molar-refractivity contribution is 6.09. The molecule has 0 unspecified atom stereocenters. The van der Waals surface area contributed by atoms with E-state index in [1.165, 1.54) is 38.5 Å². The summed E-state index contributed by atoms with van der Waals surface area (Å²) in [5.41, 5.74) is 0.727. The van der Waals surface area contributed by atoms with Crippen LogP contribution in [0, 0.1) is 11.3 Å². The van der Waals surface area contributed by atoms with Crippen molar-refractivity contribution in [2.75, 3.05) is 19.5 Å². The van der Waals surface area contributed by atoms with E-state index >= 15 is 0 Å². The van der Waals surface area contributed by atoms with Gasteiger partial charge in [0.25, 0.3) is 5.91 Å². The molecule has 1 amide bonds. The number of nitrogens with one attached hydrogen (secondary N) is 1. The van der Waals surface area contributed by atoms with Crippen LogP contribution in [-0.4, -0.2) is 26.7 Å². The molecule has 0 aliphatic carbocycles. The van der Waals surface area contributed by atoms with E-state index in [1.807, 2.05) is 6.07 Å². The minimum Gasteiger partial charge on any atom is -0.497 e. The number of rotatable bonds is 7. The number of carbonyl (C=O) groups excluding carboxylic acids is 1. The highest BCUT2D eigenvalue weighted by Gasteiger charge is 2.13. The summed E-state index contributed by atoms with van der Waals surface area (Å²) in [6.07, 6.45) is 1.31. The maximum Gasteiger partial charge on any atom is 0.387 e. The Kier molecular flexibility index (Phi) is 6.72. The molecule has 0 saturated heterocycles. The Hall–Kier alpha value is -3.60. The molecule has 1 N–H and O–H groups in total. The van der Waals surface area contributed by atoms with E-state index in [2.05, 4.69) is 10.1 Å². The average molecular weight is 374 g/mol. The quantitative estimate of drug-likeness (QED) is 0.588. The fourth-order valence-corrected chi connectivity index (χ4v) is 2.16. The molecular weight excluding hydrogens is 358 g/mol. The summed E-state index contributed by atoms with van der Waals surface area (Å²) in [7, 11) is 2.82. The maximum atomic E-state index is 12.4. The molecule has 0 spiro atoms. The third kappa shape index (κ3) is 5.44. The van der Waals surface area contributed by atoms with Crippen molar-refractivity contribution in [1.29, 1.82) is 5.26 Å². The lowest BCUT2D eigenvalue weighted by atomic mass is 10.1. The number of halogens is 2. The number of nitriles is 1. The van der Waals surface area contributed by atoms with E-state index < -0.39 is 12.5 Å². The van der Waals surface area contributed by atoms with Gasteiger partial charge in [-0.25, -0.2) is 0 Å². The van der Waals surface area contributed by atoms with E-state index in [1.54, 1.807) is 24.3 Å². The van der Waals surface area contributed by atoms with Crippen LogP contribution in [0.3, 0.4) is 0 Å². The fourth-order valence-electron chi connectivity index (χ4n) is 2.16. The number of ether oxygens (including phenoxy) is 3. The largest absolute Gasteiger partial charge is 0.497 e. The van der Waals surface area contributed by atoms with Crippen molar-refractivity contribution < 1.29 is 27.8 Å². The molecule has 2 aromatic carbocycles. The van der Waals surface area contributed by atoms with Gasteiger partial charge in [-0.1, -0.05) is 6.07 Å². The lowest BCUT2D eigenvalue weighted by molar-refractivity contribution is -0.112. The summed E-state index contributed by atoms with van der Waals surface area (Å²) in [4.78, 5) is 12.3. The Bertz CT molecular complexity index is 874. The first kappa shape index (κ1) is 19.7. The zero-order chi connectivity index (χ0) is 19.8. The first-order chi connectivity index (χ1) is 13.0. The van der Waals surface area contributed by atoms with Crippen LogP contribution >= 0.6 is 0 Å². The van der Waals surface area contributed by atoms with Crippen molar-refractivity contribution in [3.8, 4) is 23.3 Å². The minimum absolute atomic E-state index is 0.0527. The molecule has 0 heterocycles. The third-order valence-electron chi connectivity index (χ3n) is 3.43. The zero-order valence-electron chi connectivity index (χ0n) is 14.5. The second-order valence-corrected chi connectivity index (χ2v) is 5.14. The predicted molar refractivity (Wildman–Crippen MR) is 94.8 cm³/mol. The summed E-state index contributed by atoms with van der Waals surface area (Å²) >= 11 is 0. The number of carbonyl (C=O) groups is 1. The maximum absolute atomic E-state index is 12.4. The molecule has 0 aliphatic heterocycles. The smallest absolute Gasteiger partial charge is 0.387 e. The average Bonchev–Trinajstić information content (AvgIpc) is 2.67. The van der Waals surface area contributed by atoms with E-state index in [0.717, 1.165) is 0 Å². The Morgan fingerprint density at radius 1 is 1.11 bits per heavy atom. The number of anilines is 1. The van der Waals surface area contributed by atoms with Crippen LogP contribution in [-0.2, 0) is 4.79 Å². The van der Waals surface area contributed by atoms with Gasteiger partial charge in [-0.15, -0.1) is 0 Å². The normalized spacial score (nSPS) is 10.9. The molecule has 140 valence electrons. The summed E-state index contributed by atoms with van der Waals surface area (Å²) in [5, 5.41) is 11.9. The van der Waals surface area contributed by atoms with Gasteiger partial charge in [-0.3, -0.25) is 4.79 Å². The van der Waals surface area contributed by atoms with Crippen LogP contribution in [0.2, 0.25) is 0 Å². The minimum atomic E-state index is -3.00. The van der Waals surface area contributed by atoms with Crippen LogP contribution < -0.4 is 19.5 Å². The van der Waals surface area contributed by atoms with Gasteiger partial charge in [0.05, 0.1) is 14.2 Å². The van der Waals surface area contributed by atoms with Crippen molar-refractivity contribution in [3.63, 3.8) is 0 Å². The monoisotopic (exact) mass is 374 g/mol. The van der Waals surface area contributed by atoms with Crippen LogP contribution in [0.25, 0.3) is 6.08 Å². The van der Waals surface area contributed by atoms with E-state index in [9.17, 15) is 18.8 Å². The SMILES string of the molecule is COc1ccc(NC(=O)C(C#N)=Cc2ccc(OC(F)F)c(OC)c2)cc1.